The van der Waals surface area contributed by atoms with Crippen LogP contribution in [0.4, 0.5) is 0 Å². The van der Waals surface area contributed by atoms with Crippen LogP contribution in [0, 0.1) is 0 Å². The van der Waals surface area contributed by atoms with Crippen LogP contribution in [0.1, 0.15) is 6.42 Å². The lowest BCUT2D eigenvalue weighted by Crippen LogP contribution is -1.96. The second-order valence-electron chi connectivity index (χ2n) is 2.30. The van der Waals surface area contributed by atoms with Crippen molar-refractivity contribution in [3.05, 3.63) is 30.6 Å². The van der Waals surface area contributed by atoms with Crippen LogP contribution in [0.5, 0.6) is 0 Å². The number of aryl methyl sites for hydroxylation is 1. The van der Waals surface area contributed by atoms with Gasteiger partial charge in [0.05, 0.1) is 0 Å². The predicted molar refractivity (Wildman–Crippen MR) is 43.6 cm³/mol. The van der Waals surface area contributed by atoms with Crippen molar-refractivity contribution in [1.29, 1.82) is 0 Å². The second kappa shape index (κ2) is 4.33. The van der Waals surface area contributed by atoms with Crippen molar-refractivity contribution in [3.63, 3.8) is 0 Å². The number of carbonyl (C=O) groups is 1. The minimum atomic E-state index is -0.907. The Hall–Kier alpha value is -1.58. The first-order valence-corrected chi connectivity index (χ1v) is 3.66. The number of hydrogen-bond acceptors (Lipinski definition) is 2. The molecular weight excluding hydrogens is 156 g/mol. The van der Waals surface area contributed by atoms with Gasteiger partial charge in [0, 0.05) is 25.0 Å². The van der Waals surface area contributed by atoms with Crippen molar-refractivity contribution in [2.75, 3.05) is 0 Å². The second-order valence-corrected chi connectivity index (χ2v) is 2.30. The van der Waals surface area contributed by atoms with E-state index < -0.39 is 5.97 Å². The highest BCUT2D eigenvalue weighted by Crippen LogP contribution is 1.90. The summed E-state index contributed by atoms with van der Waals surface area (Å²) in [6.07, 6.45) is 6.98. The van der Waals surface area contributed by atoms with Crippen LogP contribution < -0.4 is 0 Å². The van der Waals surface area contributed by atoms with Crippen LogP contribution in [-0.4, -0.2) is 20.9 Å². The summed E-state index contributed by atoms with van der Waals surface area (Å²) >= 11 is 0. The number of hydrogen-bond donors (Lipinski definition) is 1. The maximum absolute atomic E-state index is 10.1. The summed E-state index contributed by atoms with van der Waals surface area (Å²) in [6.45, 7) is 0.719. The van der Waals surface area contributed by atoms with E-state index in [1.54, 1.807) is 17.0 Å². The van der Waals surface area contributed by atoms with Crippen molar-refractivity contribution >= 4 is 5.97 Å². The molecule has 0 amide bonds. The van der Waals surface area contributed by atoms with Crippen LogP contribution in [0.15, 0.2) is 30.6 Å². The third kappa shape index (κ3) is 3.01. The number of allylic oxidation sites excluding steroid dienone is 1. The molecule has 1 heterocycles. The number of carboxylic acid groups (broad SMARTS) is 1. The van der Waals surface area contributed by atoms with Crippen LogP contribution in [-0.2, 0) is 11.3 Å². The summed E-state index contributed by atoms with van der Waals surface area (Å²) in [5, 5.41) is 12.2. The van der Waals surface area contributed by atoms with Crippen LogP contribution in [0.2, 0.25) is 0 Å². The van der Waals surface area contributed by atoms with Gasteiger partial charge >= 0.3 is 5.97 Å². The molecule has 1 aromatic rings. The maximum Gasteiger partial charge on any atom is 0.327 e. The van der Waals surface area contributed by atoms with Crippen molar-refractivity contribution < 1.29 is 9.90 Å². The summed E-state index contributed by atoms with van der Waals surface area (Å²) in [6, 6.07) is 1.83. The summed E-state index contributed by atoms with van der Waals surface area (Å²) in [5.74, 6) is -0.907. The van der Waals surface area contributed by atoms with Crippen molar-refractivity contribution in [3.8, 4) is 0 Å². The smallest absolute Gasteiger partial charge is 0.327 e. The molecule has 0 spiro atoms. The van der Waals surface area contributed by atoms with Gasteiger partial charge in [-0.1, -0.05) is 6.08 Å². The molecule has 0 aliphatic heterocycles. The molecule has 0 bridgehead atoms. The molecule has 1 aromatic heterocycles. The van der Waals surface area contributed by atoms with E-state index >= 15 is 0 Å². The monoisotopic (exact) mass is 166 g/mol. The molecule has 4 heteroatoms. The maximum atomic E-state index is 10.1. The number of nitrogens with zero attached hydrogens (tertiary/aromatic N) is 2. The van der Waals surface area contributed by atoms with E-state index in [9.17, 15) is 4.79 Å². The average Bonchev–Trinajstić information content (AvgIpc) is 2.49. The van der Waals surface area contributed by atoms with E-state index in [2.05, 4.69) is 5.10 Å². The lowest BCUT2D eigenvalue weighted by atomic mass is 10.4. The highest BCUT2D eigenvalue weighted by atomic mass is 16.4. The number of aliphatic carboxylic acids is 1. The standard InChI is InChI=1S/C8H10N2O2/c11-8(12)4-1-2-6-10-7-3-5-9-10/h1,3-5,7H,2,6H2,(H,11,12)/b4-1+. The fraction of sp³-hybridized carbons (Fsp3) is 0.250. The first-order valence-electron chi connectivity index (χ1n) is 3.66. The fourth-order valence-corrected chi connectivity index (χ4v) is 0.824. The van der Waals surface area contributed by atoms with Crippen LogP contribution in [0.25, 0.3) is 0 Å². The zero-order valence-corrected chi connectivity index (χ0v) is 6.55. The van der Waals surface area contributed by atoms with Gasteiger partial charge in [-0.25, -0.2) is 4.79 Å². The Morgan fingerprint density at radius 1 is 1.67 bits per heavy atom. The molecule has 0 aliphatic carbocycles. The SMILES string of the molecule is O=C(O)/C=C/CCn1cccn1. The Morgan fingerprint density at radius 2 is 2.50 bits per heavy atom. The summed E-state index contributed by atoms with van der Waals surface area (Å²) in [4.78, 5) is 10.1. The van der Waals surface area contributed by atoms with Crippen molar-refractivity contribution in [1.82, 2.24) is 9.78 Å². The molecule has 0 saturated heterocycles. The molecule has 64 valence electrons. The highest BCUT2D eigenvalue weighted by molar-refractivity contribution is 5.79. The third-order valence-corrected chi connectivity index (χ3v) is 1.34. The molecule has 0 aromatic carbocycles. The molecule has 0 atom stereocenters. The van der Waals surface area contributed by atoms with E-state index in [0.717, 1.165) is 12.6 Å². The normalized spacial score (nSPS) is 10.7. The molecule has 0 fully saturated rings. The van der Waals surface area contributed by atoms with Gasteiger partial charge < -0.3 is 5.11 Å². The quantitative estimate of drug-likeness (QED) is 0.676. The van der Waals surface area contributed by atoms with Crippen molar-refractivity contribution in [2.45, 2.75) is 13.0 Å². The zero-order chi connectivity index (χ0) is 8.81. The van der Waals surface area contributed by atoms with E-state index in [1.807, 2.05) is 12.3 Å². The van der Waals surface area contributed by atoms with Gasteiger partial charge in [-0.15, -0.1) is 0 Å². The van der Waals surface area contributed by atoms with Gasteiger partial charge in [0.25, 0.3) is 0 Å². The Bertz CT molecular complexity index is 265. The number of carboxylic acids is 1. The van der Waals surface area contributed by atoms with Gasteiger partial charge in [-0.3, -0.25) is 4.68 Å². The average molecular weight is 166 g/mol. The van der Waals surface area contributed by atoms with Gasteiger partial charge in [0.1, 0.15) is 0 Å². The number of rotatable bonds is 4. The highest BCUT2D eigenvalue weighted by Gasteiger charge is 1.88. The van der Waals surface area contributed by atoms with Crippen LogP contribution in [0.3, 0.4) is 0 Å². The lowest BCUT2D eigenvalue weighted by Gasteiger charge is -1.94. The summed E-state index contributed by atoms with van der Waals surface area (Å²) in [7, 11) is 0. The largest absolute Gasteiger partial charge is 0.478 e. The van der Waals surface area contributed by atoms with Gasteiger partial charge in [-0.05, 0) is 12.5 Å². The Kier molecular flexibility index (Phi) is 3.07. The first kappa shape index (κ1) is 8.52. The van der Waals surface area contributed by atoms with Gasteiger partial charge in [-0.2, -0.15) is 5.10 Å². The Balaban J connectivity index is 2.23. The topological polar surface area (TPSA) is 55.1 Å². The minimum absolute atomic E-state index is 0.688. The van der Waals surface area contributed by atoms with Crippen LogP contribution >= 0.6 is 0 Å². The van der Waals surface area contributed by atoms with E-state index in [1.165, 1.54) is 0 Å². The van der Waals surface area contributed by atoms with Crippen molar-refractivity contribution in [2.24, 2.45) is 0 Å². The molecule has 1 rings (SSSR count). The number of aromatic nitrogens is 2. The van der Waals surface area contributed by atoms with Gasteiger partial charge in [0.15, 0.2) is 0 Å². The first-order chi connectivity index (χ1) is 5.79. The molecule has 0 saturated carbocycles. The zero-order valence-electron chi connectivity index (χ0n) is 6.55. The fourth-order valence-electron chi connectivity index (χ4n) is 0.824. The molecule has 4 nitrogen and oxygen atoms in total. The van der Waals surface area contributed by atoms with Gasteiger partial charge in [0.2, 0.25) is 0 Å². The summed E-state index contributed by atoms with van der Waals surface area (Å²) in [5.41, 5.74) is 0. The molecule has 0 unspecified atom stereocenters. The van der Waals surface area contributed by atoms with E-state index in [4.69, 9.17) is 5.11 Å². The van der Waals surface area contributed by atoms with E-state index in [-0.39, 0.29) is 0 Å². The Labute approximate surface area is 70.1 Å². The minimum Gasteiger partial charge on any atom is -0.478 e. The lowest BCUT2D eigenvalue weighted by molar-refractivity contribution is -0.131. The molecule has 12 heavy (non-hydrogen) atoms. The molecule has 1 N–H and O–H groups in total. The third-order valence-electron chi connectivity index (χ3n) is 1.34. The molecule has 0 aliphatic rings. The molecular formula is C8H10N2O2. The summed E-state index contributed by atoms with van der Waals surface area (Å²) < 4.78 is 1.76. The van der Waals surface area contributed by atoms with E-state index in [0.29, 0.717) is 6.42 Å². The molecule has 0 radical (unpaired) electrons. The predicted octanol–water partition coefficient (Wildman–Crippen LogP) is 0.914. The Morgan fingerprint density at radius 3 is 3.08 bits per heavy atom.